The lowest BCUT2D eigenvalue weighted by molar-refractivity contribution is 0.0984. The zero-order valence-corrected chi connectivity index (χ0v) is 15.3. The van der Waals surface area contributed by atoms with Crippen LogP contribution in [-0.4, -0.2) is 20.6 Å². The fraction of sp³-hybridized carbons (Fsp3) is 0.0714. The maximum Gasteiger partial charge on any atom is 0.262 e. The van der Waals surface area contributed by atoms with Crippen LogP contribution in [-0.2, 0) is 10.0 Å². The average Bonchev–Trinajstić information content (AvgIpc) is 2.48. The van der Waals surface area contributed by atoms with Gasteiger partial charge in [-0.3, -0.25) is 14.2 Å². The van der Waals surface area contributed by atoms with Gasteiger partial charge in [-0.1, -0.05) is 35.1 Å². The van der Waals surface area contributed by atoms with E-state index < -0.39 is 21.7 Å². The third-order valence-electron chi connectivity index (χ3n) is 2.81. The van der Waals surface area contributed by atoms with Gasteiger partial charge in [0.2, 0.25) is 0 Å². The molecule has 0 fully saturated rings. The van der Waals surface area contributed by atoms with Gasteiger partial charge in [0.05, 0.1) is 10.6 Å². The zero-order chi connectivity index (χ0) is 17.9. The monoisotopic (exact) mass is 408 g/mol. The molecule has 2 rings (SSSR count). The summed E-state index contributed by atoms with van der Waals surface area (Å²) in [6, 6.07) is 7.07. The second-order valence-electron chi connectivity index (χ2n) is 4.54. The quantitative estimate of drug-likeness (QED) is 0.734. The molecular formula is C14H11Cl2FN2O3S2. The number of hydrogen-bond acceptors (Lipinski definition) is 4. The summed E-state index contributed by atoms with van der Waals surface area (Å²) >= 11 is 12.6. The summed E-state index contributed by atoms with van der Waals surface area (Å²) < 4.78 is 43.2. The van der Waals surface area contributed by atoms with Gasteiger partial charge in [-0.15, -0.1) is 0 Å². The smallest absolute Gasteiger partial charge is 0.262 e. The molecule has 2 aromatic carbocycles. The van der Waals surface area contributed by atoms with Crippen LogP contribution in [0.4, 0.5) is 10.1 Å². The first-order chi connectivity index (χ1) is 11.2. The highest BCUT2D eigenvalue weighted by Crippen LogP contribution is 2.25. The SMILES string of the molecule is CSNC(=O)c1ccc(F)c(NS(=O)(=O)c2cc(Cl)cc(Cl)c2)c1. The highest BCUT2D eigenvalue weighted by molar-refractivity contribution is 7.97. The molecule has 0 spiro atoms. The Labute approximate surface area is 152 Å². The van der Waals surface area contributed by atoms with Crippen LogP contribution in [0.25, 0.3) is 0 Å². The molecule has 0 aliphatic heterocycles. The van der Waals surface area contributed by atoms with Crippen molar-refractivity contribution in [2.45, 2.75) is 4.90 Å². The number of nitrogens with one attached hydrogen (secondary N) is 2. The van der Waals surface area contributed by atoms with Gasteiger partial charge >= 0.3 is 0 Å². The number of sulfonamides is 1. The fourth-order valence-electron chi connectivity index (χ4n) is 1.78. The number of anilines is 1. The van der Waals surface area contributed by atoms with E-state index >= 15 is 0 Å². The predicted molar refractivity (Wildman–Crippen MR) is 94.7 cm³/mol. The minimum absolute atomic E-state index is 0.104. The lowest BCUT2D eigenvalue weighted by Gasteiger charge is -2.11. The zero-order valence-electron chi connectivity index (χ0n) is 12.1. The molecule has 0 aliphatic carbocycles. The van der Waals surface area contributed by atoms with E-state index in [1.54, 1.807) is 6.26 Å². The van der Waals surface area contributed by atoms with Crippen molar-refractivity contribution < 1.29 is 17.6 Å². The summed E-state index contributed by atoms with van der Waals surface area (Å²) in [5.41, 5.74) is -0.257. The molecule has 0 aliphatic rings. The first-order valence-corrected chi connectivity index (χ1v) is 9.81. The first kappa shape index (κ1) is 18.9. The largest absolute Gasteiger partial charge is 0.296 e. The van der Waals surface area contributed by atoms with Crippen molar-refractivity contribution in [2.24, 2.45) is 0 Å². The molecule has 2 N–H and O–H groups in total. The molecule has 5 nitrogen and oxygen atoms in total. The highest BCUT2D eigenvalue weighted by atomic mass is 35.5. The van der Waals surface area contributed by atoms with Crippen LogP contribution < -0.4 is 9.44 Å². The Morgan fingerprint density at radius 2 is 1.75 bits per heavy atom. The number of carbonyl (C=O) groups is 1. The van der Waals surface area contributed by atoms with Gasteiger partial charge < -0.3 is 0 Å². The molecule has 0 heterocycles. The lowest BCUT2D eigenvalue weighted by atomic mass is 10.2. The summed E-state index contributed by atoms with van der Waals surface area (Å²) in [4.78, 5) is 11.5. The van der Waals surface area contributed by atoms with Gasteiger partial charge in [0.1, 0.15) is 5.82 Å². The van der Waals surface area contributed by atoms with Crippen LogP contribution in [0.3, 0.4) is 0 Å². The summed E-state index contributed by atoms with van der Waals surface area (Å²) in [6.07, 6.45) is 1.65. The van der Waals surface area contributed by atoms with Gasteiger partial charge in [0.25, 0.3) is 15.9 Å². The van der Waals surface area contributed by atoms with Crippen LogP contribution in [0.2, 0.25) is 10.0 Å². The molecule has 2 aromatic rings. The molecule has 0 atom stereocenters. The molecule has 10 heteroatoms. The van der Waals surface area contributed by atoms with Crippen LogP contribution >= 0.6 is 35.1 Å². The second-order valence-corrected chi connectivity index (χ2v) is 7.71. The summed E-state index contributed by atoms with van der Waals surface area (Å²) in [7, 11) is -4.13. The summed E-state index contributed by atoms with van der Waals surface area (Å²) in [5.74, 6) is -1.30. The number of amides is 1. The van der Waals surface area contributed by atoms with Crippen LogP contribution in [0.1, 0.15) is 10.4 Å². The van der Waals surface area contributed by atoms with Gasteiger partial charge in [0.15, 0.2) is 0 Å². The van der Waals surface area contributed by atoms with E-state index in [1.807, 2.05) is 0 Å². The number of hydrogen-bond donors (Lipinski definition) is 2. The number of rotatable bonds is 5. The van der Waals surface area contributed by atoms with Crippen molar-refractivity contribution in [3.05, 3.63) is 57.8 Å². The Bertz CT molecular complexity index is 871. The minimum Gasteiger partial charge on any atom is -0.296 e. The topological polar surface area (TPSA) is 75.3 Å². The van der Waals surface area contributed by atoms with Crippen molar-refractivity contribution in [3.63, 3.8) is 0 Å². The number of benzene rings is 2. The Morgan fingerprint density at radius 3 is 2.33 bits per heavy atom. The van der Waals surface area contributed by atoms with Gasteiger partial charge in [0, 0.05) is 21.9 Å². The molecule has 24 heavy (non-hydrogen) atoms. The van der Waals surface area contributed by atoms with E-state index in [0.717, 1.165) is 24.1 Å². The van der Waals surface area contributed by atoms with E-state index in [9.17, 15) is 17.6 Å². The van der Waals surface area contributed by atoms with E-state index in [4.69, 9.17) is 23.2 Å². The molecular weight excluding hydrogens is 398 g/mol. The lowest BCUT2D eigenvalue weighted by Crippen LogP contribution is -2.17. The maximum atomic E-state index is 13.9. The Hall–Kier alpha value is -1.48. The Morgan fingerprint density at radius 1 is 1.12 bits per heavy atom. The van der Waals surface area contributed by atoms with Crippen LogP contribution in [0.15, 0.2) is 41.3 Å². The van der Waals surface area contributed by atoms with E-state index in [-0.39, 0.29) is 26.2 Å². The van der Waals surface area contributed by atoms with E-state index in [0.29, 0.717) is 0 Å². The van der Waals surface area contributed by atoms with Crippen LogP contribution in [0, 0.1) is 5.82 Å². The van der Waals surface area contributed by atoms with Crippen molar-refractivity contribution in [3.8, 4) is 0 Å². The predicted octanol–water partition coefficient (Wildman–Crippen LogP) is 3.94. The fourth-order valence-corrected chi connectivity index (χ4v) is 3.87. The van der Waals surface area contributed by atoms with Gasteiger partial charge in [-0.05, 0) is 36.4 Å². The second kappa shape index (κ2) is 7.60. The van der Waals surface area contributed by atoms with E-state index in [1.165, 1.54) is 24.3 Å². The Kier molecular flexibility index (Phi) is 5.97. The molecule has 0 unspecified atom stereocenters. The van der Waals surface area contributed by atoms with Crippen molar-refractivity contribution >= 4 is 56.8 Å². The molecule has 0 aromatic heterocycles. The van der Waals surface area contributed by atoms with Crippen molar-refractivity contribution in [2.75, 3.05) is 11.0 Å². The average molecular weight is 409 g/mol. The molecule has 0 radical (unpaired) electrons. The standard InChI is InChI=1S/C14H11Cl2FN2O3S2/c1-23-18-14(20)8-2-3-12(17)13(4-8)19-24(21,22)11-6-9(15)5-10(16)7-11/h2-7,19H,1H3,(H,18,20). The third kappa shape index (κ3) is 4.54. The molecule has 1 amide bonds. The maximum absolute atomic E-state index is 13.9. The van der Waals surface area contributed by atoms with E-state index in [2.05, 4.69) is 9.44 Å². The number of halogens is 3. The third-order valence-corrected chi connectivity index (χ3v) is 4.98. The number of carbonyl (C=O) groups excluding carboxylic acids is 1. The molecule has 0 saturated heterocycles. The normalized spacial score (nSPS) is 11.2. The van der Waals surface area contributed by atoms with Crippen molar-refractivity contribution in [1.82, 2.24) is 4.72 Å². The first-order valence-electron chi connectivity index (χ1n) is 6.35. The summed E-state index contributed by atoms with van der Waals surface area (Å²) in [5, 5.41) is 0.243. The molecule has 128 valence electrons. The molecule has 0 saturated carbocycles. The Balaban J connectivity index is 2.38. The minimum atomic E-state index is -4.13. The van der Waals surface area contributed by atoms with Gasteiger partial charge in [-0.2, -0.15) is 0 Å². The van der Waals surface area contributed by atoms with Crippen molar-refractivity contribution in [1.29, 1.82) is 0 Å². The van der Waals surface area contributed by atoms with Gasteiger partial charge in [-0.25, -0.2) is 12.8 Å². The summed E-state index contributed by atoms with van der Waals surface area (Å²) in [6.45, 7) is 0. The highest BCUT2D eigenvalue weighted by Gasteiger charge is 2.19. The molecule has 0 bridgehead atoms. The van der Waals surface area contributed by atoms with Crippen LogP contribution in [0.5, 0.6) is 0 Å².